The normalized spacial score (nSPS) is 10.4. The number of hydrogen-bond acceptors (Lipinski definition) is 4. The molecule has 72 valence electrons. The highest BCUT2D eigenvalue weighted by Gasteiger charge is 2.05. The van der Waals surface area contributed by atoms with E-state index in [0.717, 1.165) is 0 Å². The van der Waals surface area contributed by atoms with Crippen molar-refractivity contribution in [2.75, 3.05) is 11.5 Å². The maximum Gasteiger partial charge on any atom is 0.180 e. The Morgan fingerprint density at radius 2 is 2.14 bits per heavy atom. The summed E-state index contributed by atoms with van der Waals surface area (Å²) < 4.78 is 2.36. The highest BCUT2D eigenvalue weighted by Crippen LogP contribution is 2.16. The van der Waals surface area contributed by atoms with E-state index >= 15 is 0 Å². The highest BCUT2D eigenvalue weighted by molar-refractivity contribution is 9.10. The van der Waals surface area contributed by atoms with Gasteiger partial charge in [-0.25, -0.2) is 9.97 Å². The molecule has 0 saturated heterocycles. The Morgan fingerprint density at radius 1 is 1.36 bits per heavy atom. The van der Waals surface area contributed by atoms with Crippen molar-refractivity contribution in [3.05, 3.63) is 29.3 Å². The van der Waals surface area contributed by atoms with Crippen LogP contribution in [0.1, 0.15) is 0 Å². The molecule has 2 heterocycles. The first kappa shape index (κ1) is 9.01. The van der Waals surface area contributed by atoms with Gasteiger partial charge in [0.05, 0.1) is 6.20 Å². The SMILES string of the molecule is Nc1ccn(-c2nc(Br)cnc2N)c1. The number of nitrogens with zero attached hydrogens (tertiary/aromatic N) is 3. The number of aromatic nitrogens is 3. The summed E-state index contributed by atoms with van der Waals surface area (Å²) in [6.07, 6.45) is 5.06. The molecule has 0 fully saturated rings. The fourth-order valence-corrected chi connectivity index (χ4v) is 1.37. The van der Waals surface area contributed by atoms with Crippen LogP contribution in [-0.2, 0) is 0 Å². The quantitative estimate of drug-likeness (QED) is 0.800. The second kappa shape index (κ2) is 3.30. The van der Waals surface area contributed by atoms with Gasteiger partial charge in [-0.05, 0) is 22.0 Å². The van der Waals surface area contributed by atoms with Gasteiger partial charge in [0.15, 0.2) is 11.6 Å². The minimum Gasteiger partial charge on any atom is -0.397 e. The molecular weight excluding hydrogens is 246 g/mol. The van der Waals surface area contributed by atoms with Crippen molar-refractivity contribution in [3.63, 3.8) is 0 Å². The van der Waals surface area contributed by atoms with E-state index in [2.05, 4.69) is 25.9 Å². The summed E-state index contributed by atoms with van der Waals surface area (Å²) in [6.45, 7) is 0. The van der Waals surface area contributed by atoms with Crippen LogP contribution in [-0.4, -0.2) is 14.5 Å². The average Bonchev–Trinajstić information content (AvgIpc) is 2.56. The monoisotopic (exact) mass is 253 g/mol. The van der Waals surface area contributed by atoms with Crippen molar-refractivity contribution in [1.82, 2.24) is 14.5 Å². The highest BCUT2D eigenvalue weighted by atomic mass is 79.9. The van der Waals surface area contributed by atoms with Gasteiger partial charge in [-0.2, -0.15) is 0 Å². The van der Waals surface area contributed by atoms with E-state index in [0.29, 0.717) is 21.9 Å². The zero-order chi connectivity index (χ0) is 10.1. The smallest absolute Gasteiger partial charge is 0.180 e. The van der Waals surface area contributed by atoms with Gasteiger partial charge in [-0.15, -0.1) is 0 Å². The first-order chi connectivity index (χ1) is 6.66. The van der Waals surface area contributed by atoms with Gasteiger partial charge in [0.1, 0.15) is 4.60 Å². The molecule has 0 aromatic carbocycles. The zero-order valence-corrected chi connectivity index (χ0v) is 8.77. The Bertz CT molecular complexity index is 465. The summed E-state index contributed by atoms with van der Waals surface area (Å²) in [6, 6.07) is 1.77. The van der Waals surface area contributed by atoms with Crippen molar-refractivity contribution in [2.45, 2.75) is 0 Å². The van der Waals surface area contributed by atoms with Crippen LogP contribution in [0.15, 0.2) is 29.3 Å². The molecule has 0 amide bonds. The van der Waals surface area contributed by atoms with Crippen LogP contribution in [0.3, 0.4) is 0 Å². The molecule has 5 nitrogen and oxygen atoms in total. The summed E-state index contributed by atoms with van der Waals surface area (Å²) in [5.41, 5.74) is 11.9. The van der Waals surface area contributed by atoms with Gasteiger partial charge in [0.2, 0.25) is 0 Å². The van der Waals surface area contributed by atoms with Crippen LogP contribution in [0.4, 0.5) is 11.5 Å². The van der Waals surface area contributed by atoms with Crippen LogP contribution in [0.25, 0.3) is 5.82 Å². The van der Waals surface area contributed by atoms with Gasteiger partial charge in [0, 0.05) is 18.1 Å². The second-order valence-electron chi connectivity index (χ2n) is 2.75. The molecule has 0 aliphatic heterocycles. The number of rotatable bonds is 1. The van der Waals surface area contributed by atoms with Gasteiger partial charge in [-0.1, -0.05) is 0 Å². The van der Waals surface area contributed by atoms with Gasteiger partial charge < -0.3 is 16.0 Å². The fourth-order valence-electron chi connectivity index (χ4n) is 1.10. The summed E-state index contributed by atoms with van der Waals surface area (Å²) in [4.78, 5) is 8.16. The predicted molar refractivity (Wildman–Crippen MR) is 57.9 cm³/mol. The van der Waals surface area contributed by atoms with Crippen molar-refractivity contribution in [3.8, 4) is 5.82 Å². The van der Waals surface area contributed by atoms with E-state index in [-0.39, 0.29) is 0 Å². The largest absolute Gasteiger partial charge is 0.397 e. The molecule has 0 unspecified atom stereocenters. The molecule has 2 aromatic rings. The topological polar surface area (TPSA) is 82.8 Å². The van der Waals surface area contributed by atoms with Crippen LogP contribution in [0, 0.1) is 0 Å². The maximum atomic E-state index is 5.67. The van der Waals surface area contributed by atoms with Crippen LogP contribution in [0.5, 0.6) is 0 Å². The van der Waals surface area contributed by atoms with Crippen molar-refractivity contribution >= 4 is 27.4 Å². The molecule has 0 aliphatic carbocycles. The Morgan fingerprint density at radius 3 is 2.79 bits per heavy atom. The van der Waals surface area contributed by atoms with E-state index < -0.39 is 0 Å². The van der Waals surface area contributed by atoms with Gasteiger partial charge in [0.25, 0.3) is 0 Å². The van der Waals surface area contributed by atoms with E-state index in [9.17, 15) is 0 Å². The van der Waals surface area contributed by atoms with Crippen LogP contribution in [0.2, 0.25) is 0 Å². The molecule has 14 heavy (non-hydrogen) atoms. The van der Waals surface area contributed by atoms with Crippen molar-refractivity contribution in [2.24, 2.45) is 0 Å². The van der Waals surface area contributed by atoms with Gasteiger partial charge in [-0.3, -0.25) is 0 Å². The number of anilines is 2. The molecule has 0 aliphatic rings. The Kier molecular flexibility index (Phi) is 2.12. The second-order valence-corrected chi connectivity index (χ2v) is 3.57. The number of nitrogens with two attached hydrogens (primary N) is 2. The molecule has 0 atom stereocenters. The summed E-state index contributed by atoms with van der Waals surface area (Å²) in [7, 11) is 0. The molecule has 6 heteroatoms. The van der Waals surface area contributed by atoms with E-state index in [1.165, 1.54) is 0 Å². The first-order valence-electron chi connectivity index (χ1n) is 3.88. The lowest BCUT2D eigenvalue weighted by Crippen LogP contribution is -2.03. The Balaban J connectivity index is 2.55. The molecule has 0 bridgehead atoms. The Labute approximate surface area is 88.9 Å². The number of hydrogen-bond donors (Lipinski definition) is 2. The third-order valence-corrected chi connectivity index (χ3v) is 2.09. The number of nitrogen functional groups attached to an aromatic ring is 2. The van der Waals surface area contributed by atoms with E-state index in [1.54, 1.807) is 29.2 Å². The fraction of sp³-hybridized carbons (Fsp3) is 0. The first-order valence-corrected chi connectivity index (χ1v) is 4.68. The number of halogens is 1. The minimum absolute atomic E-state index is 0.365. The average molecular weight is 254 g/mol. The minimum atomic E-state index is 0.365. The molecule has 2 aromatic heterocycles. The lowest BCUT2D eigenvalue weighted by atomic mass is 10.5. The van der Waals surface area contributed by atoms with Gasteiger partial charge >= 0.3 is 0 Å². The zero-order valence-electron chi connectivity index (χ0n) is 7.18. The van der Waals surface area contributed by atoms with E-state index in [4.69, 9.17) is 11.5 Å². The van der Waals surface area contributed by atoms with Crippen LogP contribution < -0.4 is 11.5 Å². The molecule has 2 rings (SSSR count). The molecular formula is C8H8BrN5. The predicted octanol–water partition coefficient (Wildman–Crippen LogP) is 1.19. The van der Waals surface area contributed by atoms with E-state index in [1.807, 2.05) is 0 Å². The lowest BCUT2D eigenvalue weighted by Gasteiger charge is -2.04. The summed E-state index contributed by atoms with van der Waals surface area (Å²) >= 11 is 3.23. The standard InChI is InChI=1S/C8H8BrN5/c9-6-3-12-7(11)8(13-6)14-2-1-5(10)4-14/h1-4H,10H2,(H2,11,12). The molecule has 0 radical (unpaired) electrons. The van der Waals surface area contributed by atoms with Crippen LogP contribution >= 0.6 is 15.9 Å². The van der Waals surface area contributed by atoms with Crippen molar-refractivity contribution < 1.29 is 0 Å². The molecule has 4 N–H and O–H groups in total. The lowest BCUT2D eigenvalue weighted by molar-refractivity contribution is 0.979. The third kappa shape index (κ3) is 1.56. The molecule has 0 spiro atoms. The van der Waals surface area contributed by atoms with Crippen molar-refractivity contribution in [1.29, 1.82) is 0 Å². The Hall–Kier alpha value is -1.56. The molecule has 0 saturated carbocycles. The maximum absolute atomic E-state index is 5.67. The summed E-state index contributed by atoms with van der Waals surface area (Å²) in [5, 5.41) is 0. The third-order valence-electron chi connectivity index (χ3n) is 1.71. The summed E-state index contributed by atoms with van der Waals surface area (Å²) in [5.74, 6) is 0.930.